The van der Waals surface area contributed by atoms with Crippen molar-refractivity contribution in [3.63, 3.8) is 0 Å². The van der Waals surface area contributed by atoms with Gasteiger partial charge in [-0.2, -0.15) is 5.10 Å². The Bertz CT molecular complexity index is 1280. The van der Waals surface area contributed by atoms with Gasteiger partial charge in [-0.3, -0.25) is 4.79 Å². The van der Waals surface area contributed by atoms with Gasteiger partial charge in [0.15, 0.2) is 0 Å². The van der Waals surface area contributed by atoms with Crippen LogP contribution in [0.15, 0.2) is 70.5 Å². The number of hydrogen-bond acceptors (Lipinski definition) is 5. The first-order valence-corrected chi connectivity index (χ1v) is 10.2. The first-order valence-electron chi connectivity index (χ1n) is 9.40. The number of ether oxygens (including phenoxy) is 1. The summed E-state index contributed by atoms with van der Waals surface area (Å²) in [5.41, 5.74) is 3.48. The van der Waals surface area contributed by atoms with Crippen LogP contribution in [0.25, 0.3) is 5.69 Å². The number of aryl methyl sites for hydroxylation is 1. The lowest BCUT2D eigenvalue weighted by Gasteiger charge is -2.14. The van der Waals surface area contributed by atoms with Gasteiger partial charge >= 0.3 is 0 Å². The predicted molar refractivity (Wildman–Crippen MR) is 120 cm³/mol. The lowest BCUT2D eigenvalue weighted by molar-refractivity contribution is 0.413. The van der Waals surface area contributed by atoms with Crippen LogP contribution in [0.3, 0.4) is 0 Å². The van der Waals surface area contributed by atoms with Crippen molar-refractivity contribution < 1.29 is 9.13 Å². The van der Waals surface area contributed by atoms with E-state index in [1.807, 2.05) is 35.9 Å². The smallest absolute Gasteiger partial charge is 0.283 e. The van der Waals surface area contributed by atoms with Gasteiger partial charge in [-0.1, -0.05) is 12.1 Å². The molecular weight excluding hydrogens is 465 g/mol. The summed E-state index contributed by atoms with van der Waals surface area (Å²) < 4.78 is 22.2. The normalized spacial score (nSPS) is 10.8. The van der Waals surface area contributed by atoms with Crippen LogP contribution >= 0.6 is 15.9 Å². The van der Waals surface area contributed by atoms with E-state index in [2.05, 4.69) is 31.3 Å². The number of nitrogens with zero attached hydrogens (tertiary/aromatic N) is 4. The van der Waals surface area contributed by atoms with Gasteiger partial charge in [0, 0.05) is 18.0 Å². The maximum atomic E-state index is 13.1. The minimum Gasteiger partial charge on any atom is -0.494 e. The second-order valence-corrected chi connectivity index (χ2v) is 7.69. The van der Waals surface area contributed by atoms with Gasteiger partial charge in [0.25, 0.3) is 5.56 Å². The summed E-state index contributed by atoms with van der Waals surface area (Å²) in [6, 6.07) is 11.6. The summed E-state index contributed by atoms with van der Waals surface area (Å²) in [4.78, 5) is 17.0. The maximum Gasteiger partial charge on any atom is 0.283 e. The van der Waals surface area contributed by atoms with E-state index >= 15 is 0 Å². The van der Waals surface area contributed by atoms with Crippen molar-refractivity contribution in [2.75, 3.05) is 12.4 Å². The first-order chi connectivity index (χ1) is 14.9. The average molecular weight is 484 g/mol. The van der Waals surface area contributed by atoms with Crippen molar-refractivity contribution in [3.05, 3.63) is 93.1 Å². The number of hydrogen-bond donors (Lipinski definition) is 1. The largest absolute Gasteiger partial charge is 0.494 e. The van der Waals surface area contributed by atoms with Crippen molar-refractivity contribution in [1.82, 2.24) is 19.3 Å². The van der Waals surface area contributed by atoms with E-state index in [-0.39, 0.29) is 17.9 Å². The molecule has 7 nitrogen and oxygen atoms in total. The molecule has 2 heterocycles. The van der Waals surface area contributed by atoms with Gasteiger partial charge in [-0.15, -0.1) is 0 Å². The van der Waals surface area contributed by atoms with Gasteiger partial charge < -0.3 is 14.6 Å². The second-order valence-electron chi connectivity index (χ2n) is 6.90. The number of methoxy groups -OCH3 is 1. The van der Waals surface area contributed by atoms with Crippen molar-refractivity contribution in [1.29, 1.82) is 0 Å². The lowest BCUT2D eigenvalue weighted by atomic mass is 10.2. The molecule has 0 aliphatic carbocycles. The molecule has 9 heteroatoms. The third kappa shape index (κ3) is 4.51. The highest BCUT2D eigenvalue weighted by Gasteiger charge is 2.12. The zero-order chi connectivity index (χ0) is 22.0. The van der Waals surface area contributed by atoms with Crippen molar-refractivity contribution in [3.8, 4) is 11.4 Å². The van der Waals surface area contributed by atoms with E-state index in [0.29, 0.717) is 15.9 Å². The first kappa shape index (κ1) is 20.8. The molecule has 4 rings (SSSR count). The Labute approximate surface area is 186 Å². The van der Waals surface area contributed by atoms with Crippen LogP contribution in [0.4, 0.5) is 15.8 Å². The van der Waals surface area contributed by atoms with Crippen LogP contribution in [-0.2, 0) is 6.54 Å². The maximum absolute atomic E-state index is 13.1. The highest BCUT2D eigenvalue weighted by atomic mass is 79.9. The lowest BCUT2D eigenvalue weighted by Crippen LogP contribution is -2.24. The predicted octanol–water partition coefficient (Wildman–Crippen LogP) is 4.44. The molecule has 0 saturated heterocycles. The van der Waals surface area contributed by atoms with E-state index in [1.54, 1.807) is 31.8 Å². The summed E-state index contributed by atoms with van der Waals surface area (Å²) in [5, 5.41) is 7.43. The van der Waals surface area contributed by atoms with E-state index < -0.39 is 0 Å². The van der Waals surface area contributed by atoms with Gasteiger partial charge in [0.1, 0.15) is 16.0 Å². The number of imidazole rings is 1. The molecule has 0 aliphatic heterocycles. The molecule has 4 aromatic rings. The highest BCUT2D eigenvalue weighted by Crippen LogP contribution is 2.29. The second kappa shape index (κ2) is 8.73. The average Bonchev–Trinajstić information content (AvgIpc) is 3.21. The fourth-order valence-electron chi connectivity index (χ4n) is 3.10. The van der Waals surface area contributed by atoms with Crippen molar-refractivity contribution in [2.24, 2.45) is 0 Å². The summed E-state index contributed by atoms with van der Waals surface area (Å²) in [6.07, 6.45) is 5.20. The molecule has 0 spiro atoms. The molecular formula is C22H19BrFN5O2. The molecule has 2 aromatic heterocycles. The van der Waals surface area contributed by atoms with Gasteiger partial charge in [0.05, 0.1) is 43.2 Å². The zero-order valence-corrected chi connectivity index (χ0v) is 18.4. The molecule has 0 saturated carbocycles. The van der Waals surface area contributed by atoms with Gasteiger partial charge in [-0.05, 0) is 52.7 Å². The van der Waals surface area contributed by atoms with Crippen LogP contribution in [0, 0.1) is 12.7 Å². The SMILES string of the molecule is COc1cc(Nc2cnn(Cc3ccc(F)cc3)c(=O)c2Br)ccc1-n1cnc(C)c1. The number of rotatable bonds is 6. The van der Waals surface area contributed by atoms with Crippen LogP contribution in [0.1, 0.15) is 11.3 Å². The Hall–Kier alpha value is -3.46. The standard InChI is InChI=1S/C22H19BrFN5O2/c1-14-11-28(13-25-14)19-8-7-17(9-20(19)31-2)27-18-10-26-29(22(30)21(18)23)12-15-3-5-16(24)6-4-15/h3-11,13,27H,12H2,1-2H3. The number of benzene rings is 2. The monoisotopic (exact) mass is 483 g/mol. The summed E-state index contributed by atoms with van der Waals surface area (Å²) in [6.45, 7) is 2.16. The summed E-state index contributed by atoms with van der Waals surface area (Å²) >= 11 is 3.36. The van der Waals surface area contributed by atoms with Crippen LogP contribution < -0.4 is 15.6 Å². The molecule has 31 heavy (non-hydrogen) atoms. The fraction of sp³-hybridized carbons (Fsp3) is 0.136. The van der Waals surface area contributed by atoms with Crippen molar-refractivity contribution >= 4 is 27.3 Å². The zero-order valence-electron chi connectivity index (χ0n) is 16.8. The molecule has 0 aliphatic rings. The number of aromatic nitrogens is 4. The minimum atomic E-state index is -0.325. The molecule has 158 valence electrons. The van der Waals surface area contributed by atoms with Crippen LogP contribution in [-0.4, -0.2) is 26.4 Å². The molecule has 0 fully saturated rings. The van der Waals surface area contributed by atoms with E-state index in [1.165, 1.54) is 16.8 Å². The van der Waals surface area contributed by atoms with Gasteiger partial charge in [0.2, 0.25) is 0 Å². The molecule has 0 unspecified atom stereocenters. The molecule has 0 bridgehead atoms. The van der Waals surface area contributed by atoms with E-state index in [0.717, 1.165) is 22.6 Å². The van der Waals surface area contributed by atoms with Crippen molar-refractivity contribution in [2.45, 2.75) is 13.5 Å². The Balaban J connectivity index is 1.58. The number of anilines is 2. The number of nitrogens with one attached hydrogen (secondary N) is 1. The minimum absolute atomic E-state index is 0.241. The number of halogens is 2. The Kier molecular flexibility index (Phi) is 5.85. The molecule has 1 N–H and O–H groups in total. The Morgan fingerprint density at radius 3 is 2.65 bits per heavy atom. The fourth-order valence-corrected chi connectivity index (χ4v) is 3.51. The highest BCUT2D eigenvalue weighted by molar-refractivity contribution is 9.10. The third-order valence-electron chi connectivity index (χ3n) is 4.68. The van der Waals surface area contributed by atoms with Crippen LogP contribution in [0.5, 0.6) is 5.75 Å². The van der Waals surface area contributed by atoms with E-state index in [4.69, 9.17) is 4.74 Å². The molecule has 2 aromatic carbocycles. The quantitative estimate of drug-likeness (QED) is 0.438. The Morgan fingerprint density at radius 2 is 1.97 bits per heavy atom. The molecule has 0 amide bonds. The summed E-state index contributed by atoms with van der Waals surface area (Å²) in [5.74, 6) is 0.325. The van der Waals surface area contributed by atoms with Crippen LogP contribution in [0.2, 0.25) is 0 Å². The molecule has 0 atom stereocenters. The summed E-state index contributed by atoms with van der Waals surface area (Å²) in [7, 11) is 1.60. The Morgan fingerprint density at radius 1 is 1.19 bits per heavy atom. The molecule has 0 radical (unpaired) electrons. The third-order valence-corrected chi connectivity index (χ3v) is 5.45. The van der Waals surface area contributed by atoms with E-state index in [9.17, 15) is 9.18 Å². The topological polar surface area (TPSA) is 74.0 Å². The van der Waals surface area contributed by atoms with Gasteiger partial charge in [-0.25, -0.2) is 14.1 Å².